The normalized spacial score (nSPS) is 15.5. The average Bonchev–Trinajstić information content (AvgIpc) is 3.02. The smallest absolute Gasteiger partial charge is 0.213 e. The van der Waals surface area contributed by atoms with E-state index in [4.69, 9.17) is 16.3 Å². The van der Waals surface area contributed by atoms with Gasteiger partial charge in [-0.1, -0.05) is 18.9 Å². The van der Waals surface area contributed by atoms with Gasteiger partial charge >= 0.3 is 0 Å². The molecular weight excluding hydrogens is 198 g/mol. The summed E-state index contributed by atoms with van der Waals surface area (Å²) in [7, 11) is 0. The monoisotopic (exact) mass is 211 g/mol. The van der Waals surface area contributed by atoms with E-state index in [1.807, 2.05) is 18.2 Å². The Hall–Kier alpha value is -0.760. The molecule has 0 bridgehead atoms. The van der Waals surface area contributed by atoms with E-state index in [0.717, 1.165) is 24.6 Å². The van der Waals surface area contributed by atoms with Gasteiger partial charge in [-0.15, -0.1) is 11.6 Å². The van der Waals surface area contributed by atoms with Gasteiger partial charge in [0.25, 0.3) is 0 Å². The topological polar surface area (TPSA) is 22.1 Å². The number of nitrogens with zero attached hydrogens (tertiary/aromatic N) is 1. The molecule has 0 unspecified atom stereocenters. The lowest BCUT2D eigenvalue weighted by Gasteiger charge is -2.04. The minimum absolute atomic E-state index is 0.444. The van der Waals surface area contributed by atoms with Crippen LogP contribution in [0.5, 0.6) is 5.88 Å². The molecule has 1 aromatic rings. The molecule has 2 nitrogen and oxygen atoms in total. The van der Waals surface area contributed by atoms with Gasteiger partial charge in [0.15, 0.2) is 0 Å². The summed E-state index contributed by atoms with van der Waals surface area (Å²) in [5.41, 5.74) is 0.871. The predicted molar refractivity (Wildman–Crippen MR) is 56.6 cm³/mol. The van der Waals surface area contributed by atoms with Gasteiger partial charge in [-0.3, -0.25) is 0 Å². The van der Waals surface area contributed by atoms with Gasteiger partial charge in [0.05, 0.1) is 18.2 Å². The van der Waals surface area contributed by atoms with Crippen LogP contribution in [0.25, 0.3) is 0 Å². The van der Waals surface area contributed by atoms with Crippen LogP contribution in [0.4, 0.5) is 0 Å². The van der Waals surface area contributed by atoms with Crippen LogP contribution in [0.1, 0.15) is 25.0 Å². The number of hydrogen-bond donors (Lipinski definition) is 0. The molecule has 2 rings (SSSR count). The first-order valence-electron chi connectivity index (χ1n) is 5.03. The highest BCUT2D eigenvalue weighted by Gasteiger charge is 2.20. The zero-order chi connectivity index (χ0) is 9.80. The zero-order valence-corrected chi connectivity index (χ0v) is 8.83. The zero-order valence-electron chi connectivity index (χ0n) is 8.08. The Morgan fingerprint density at radius 1 is 1.43 bits per heavy atom. The van der Waals surface area contributed by atoms with E-state index < -0.39 is 0 Å². The van der Waals surface area contributed by atoms with Crippen molar-refractivity contribution in [2.45, 2.75) is 25.1 Å². The summed E-state index contributed by atoms with van der Waals surface area (Å²) in [5, 5.41) is 0. The van der Waals surface area contributed by atoms with Gasteiger partial charge < -0.3 is 4.74 Å². The van der Waals surface area contributed by atoms with E-state index in [-0.39, 0.29) is 0 Å². The third kappa shape index (κ3) is 2.88. The molecule has 0 spiro atoms. The second-order valence-corrected chi connectivity index (χ2v) is 3.95. The van der Waals surface area contributed by atoms with Crippen LogP contribution in [-0.2, 0) is 5.88 Å². The van der Waals surface area contributed by atoms with Gasteiger partial charge in [0, 0.05) is 6.07 Å². The van der Waals surface area contributed by atoms with Crippen molar-refractivity contribution < 1.29 is 4.74 Å². The summed E-state index contributed by atoms with van der Waals surface area (Å²) in [4.78, 5) is 4.25. The van der Waals surface area contributed by atoms with E-state index in [0.29, 0.717) is 11.8 Å². The highest BCUT2D eigenvalue weighted by Crippen LogP contribution is 2.32. The molecule has 0 radical (unpaired) electrons. The fraction of sp³-hybridized carbons (Fsp3) is 0.545. The Bertz CT molecular complexity index is 299. The molecule has 1 saturated carbocycles. The van der Waals surface area contributed by atoms with Crippen LogP contribution in [-0.4, -0.2) is 11.6 Å². The Morgan fingerprint density at radius 2 is 2.29 bits per heavy atom. The lowest BCUT2D eigenvalue weighted by Crippen LogP contribution is -2.00. The van der Waals surface area contributed by atoms with Crippen molar-refractivity contribution in [3.05, 3.63) is 23.9 Å². The largest absolute Gasteiger partial charge is 0.478 e. The number of rotatable bonds is 5. The van der Waals surface area contributed by atoms with E-state index >= 15 is 0 Å². The van der Waals surface area contributed by atoms with Gasteiger partial charge in [-0.25, -0.2) is 4.98 Å². The van der Waals surface area contributed by atoms with E-state index in [1.165, 1.54) is 12.8 Å². The highest BCUT2D eigenvalue weighted by atomic mass is 35.5. The lowest BCUT2D eigenvalue weighted by atomic mass is 10.3. The number of halogens is 1. The Balaban J connectivity index is 1.81. The van der Waals surface area contributed by atoms with Crippen LogP contribution >= 0.6 is 11.6 Å². The third-order valence-corrected chi connectivity index (χ3v) is 2.66. The first-order chi connectivity index (χ1) is 6.88. The Labute approximate surface area is 89.3 Å². The fourth-order valence-corrected chi connectivity index (χ4v) is 1.50. The first kappa shape index (κ1) is 9.78. The van der Waals surface area contributed by atoms with Gasteiger partial charge in [-0.05, 0) is 18.4 Å². The molecule has 1 aliphatic carbocycles. The Kier molecular flexibility index (Phi) is 3.25. The molecule has 1 aromatic heterocycles. The van der Waals surface area contributed by atoms with Crippen LogP contribution in [0.15, 0.2) is 18.2 Å². The van der Waals surface area contributed by atoms with Crippen LogP contribution in [0.2, 0.25) is 0 Å². The summed E-state index contributed by atoms with van der Waals surface area (Å²) in [6, 6.07) is 5.71. The van der Waals surface area contributed by atoms with Crippen molar-refractivity contribution in [3.8, 4) is 5.88 Å². The van der Waals surface area contributed by atoms with Crippen LogP contribution < -0.4 is 4.74 Å². The van der Waals surface area contributed by atoms with Crippen molar-refractivity contribution in [2.24, 2.45) is 5.92 Å². The minimum Gasteiger partial charge on any atom is -0.478 e. The molecule has 0 amide bonds. The summed E-state index contributed by atoms with van der Waals surface area (Å²) >= 11 is 5.68. The molecule has 3 heteroatoms. The van der Waals surface area contributed by atoms with Crippen LogP contribution in [0.3, 0.4) is 0 Å². The quantitative estimate of drug-likeness (QED) is 0.699. The lowest BCUT2D eigenvalue weighted by molar-refractivity contribution is 0.291. The molecule has 0 aromatic carbocycles. The third-order valence-electron chi connectivity index (χ3n) is 2.39. The summed E-state index contributed by atoms with van der Waals surface area (Å²) in [6.45, 7) is 0.781. The fourth-order valence-electron chi connectivity index (χ4n) is 1.35. The molecular formula is C11H14ClNO. The molecule has 1 fully saturated rings. The van der Waals surface area contributed by atoms with Crippen molar-refractivity contribution in [1.29, 1.82) is 0 Å². The Morgan fingerprint density at radius 3 is 3.00 bits per heavy atom. The molecule has 0 atom stereocenters. The number of hydrogen-bond acceptors (Lipinski definition) is 2. The maximum atomic E-state index is 5.68. The second-order valence-electron chi connectivity index (χ2n) is 3.68. The molecule has 0 saturated heterocycles. The molecule has 1 aliphatic rings. The second kappa shape index (κ2) is 4.65. The first-order valence-corrected chi connectivity index (χ1v) is 5.56. The standard InChI is InChI=1S/C11H14ClNO/c12-8-10-2-1-3-11(13-10)14-7-6-9-4-5-9/h1-3,9H,4-8H2. The predicted octanol–water partition coefficient (Wildman–Crippen LogP) is 3.00. The van der Waals surface area contributed by atoms with Gasteiger partial charge in [0.1, 0.15) is 0 Å². The van der Waals surface area contributed by atoms with Crippen molar-refractivity contribution in [3.63, 3.8) is 0 Å². The summed E-state index contributed by atoms with van der Waals surface area (Å²) in [6.07, 6.45) is 3.91. The van der Waals surface area contributed by atoms with Gasteiger partial charge in [0.2, 0.25) is 5.88 Å². The number of pyridine rings is 1. The van der Waals surface area contributed by atoms with E-state index in [9.17, 15) is 0 Å². The van der Waals surface area contributed by atoms with Crippen molar-refractivity contribution >= 4 is 11.6 Å². The molecule has 0 N–H and O–H groups in total. The van der Waals surface area contributed by atoms with Crippen molar-refractivity contribution in [1.82, 2.24) is 4.98 Å². The summed E-state index contributed by atoms with van der Waals surface area (Å²) < 4.78 is 5.53. The van der Waals surface area contributed by atoms with Crippen LogP contribution in [0, 0.1) is 5.92 Å². The average molecular weight is 212 g/mol. The summed E-state index contributed by atoms with van der Waals surface area (Å²) in [5.74, 6) is 2.05. The minimum atomic E-state index is 0.444. The number of alkyl halides is 1. The van der Waals surface area contributed by atoms with E-state index in [1.54, 1.807) is 0 Å². The number of aromatic nitrogens is 1. The highest BCUT2D eigenvalue weighted by molar-refractivity contribution is 6.16. The van der Waals surface area contributed by atoms with E-state index in [2.05, 4.69) is 4.98 Å². The van der Waals surface area contributed by atoms with Crippen molar-refractivity contribution in [2.75, 3.05) is 6.61 Å². The van der Waals surface area contributed by atoms with Gasteiger partial charge in [-0.2, -0.15) is 0 Å². The maximum absolute atomic E-state index is 5.68. The molecule has 1 heterocycles. The number of ether oxygens (including phenoxy) is 1. The molecule has 14 heavy (non-hydrogen) atoms. The SMILES string of the molecule is ClCc1cccc(OCCC2CC2)n1. The molecule has 0 aliphatic heterocycles. The molecule has 76 valence electrons. The maximum Gasteiger partial charge on any atom is 0.213 e.